The molecule has 0 aliphatic heterocycles. The molecular formula is C21H31Cl3N4O4. The van der Waals surface area contributed by atoms with Crippen LogP contribution in [0.2, 0.25) is 0 Å². The largest absolute Gasteiger partial charge is 0.492 e. The van der Waals surface area contributed by atoms with Crippen LogP contribution < -0.4 is 21.7 Å². The Balaban J connectivity index is 2.33. The maximum absolute atomic E-state index is 12.3. The zero-order valence-electron chi connectivity index (χ0n) is 18.0. The second-order valence-corrected chi connectivity index (χ2v) is 9.89. The lowest BCUT2D eigenvalue weighted by Gasteiger charge is -2.21. The van der Waals surface area contributed by atoms with Crippen LogP contribution >= 0.6 is 34.8 Å². The quantitative estimate of drug-likeness (QED) is 0.149. The third-order valence-electron chi connectivity index (χ3n) is 4.54. The Hall–Kier alpha value is -1.71. The number of carbonyl (C=O) groups is 2. The number of ether oxygens (including phenoxy) is 1. The summed E-state index contributed by atoms with van der Waals surface area (Å²) in [7, 11) is 0. The van der Waals surface area contributed by atoms with Crippen molar-refractivity contribution in [3.63, 3.8) is 0 Å². The molecule has 1 aromatic carbocycles. The minimum atomic E-state index is -1.54. The Morgan fingerprint density at radius 1 is 1.25 bits per heavy atom. The van der Waals surface area contributed by atoms with E-state index in [2.05, 4.69) is 22.5 Å². The van der Waals surface area contributed by atoms with Crippen LogP contribution in [0.3, 0.4) is 0 Å². The average Bonchev–Trinajstić information content (AvgIpc) is 2.72. The summed E-state index contributed by atoms with van der Waals surface area (Å²) in [5.41, 5.74) is 6.97. The van der Waals surface area contributed by atoms with Crippen LogP contribution in [0.15, 0.2) is 42.7 Å². The number of amides is 2. The summed E-state index contributed by atoms with van der Waals surface area (Å²) in [6, 6.07) is 8.21. The molecule has 11 heteroatoms. The van der Waals surface area contributed by atoms with Gasteiger partial charge in [0.1, 0.15) is 12.4 Å². The Labute approximate surface area is 203 Å². The fourth-order valence-electron chi connectivity index (χ4n) is 2.79. The lowest BCUT2D eigenvalue weighted by Crippen LogP contribution is -2.49. The molecule has 3 atom stereocenters. The van der Waals surface area contributed by atoms with Crippen molar-refractivity contribution in [1.29, 1.82) is 0 Å². The number of benzene rings is 1. The third kappa shape index (κ3) is 13.0. The molecule has 1 rings (SSSR count). The number of nitrogens with two attached hydrogens (primary N) is 1. The highest BCUT2D eigenvalue weighted by Crippen LogP contribution is 2.27. The fraction of sp³-hybridized carbons (Fsp3) is 0.524. The number of alkyl halides is 3. The number of carbonyl (C=O) groups excluding carboxylic acids is 1. The highest BCUT2D eigenvalue weighted by atomic mass is 35.6. The van der Waals surface area contributed by atoms with Gasteiger partial charge in [-0.15, -0.1) is 0 Å². The number of hydrogen-bond donors (Lipinski definition) is 5. The van der Waals surface area contributed by atoms with Gasteiger partial charge < -0.3 is 31.5 Å². The molecule has 32 heavy (non-hydrogen) atoms. The first-order chi connectivity index (χ1) is 15.0. The van der Waals surface area contributed by atoms with Crippen molar-refractivity contribution in [2.75, 3.05) is 19.7 Å². The lowest BCUT2D eigenvalue weighted by molar-refractivity contribution is -0.122. The van der Waals surface area contributed by atoms with Crippen LogP contribution in [0.5, 0.6) is 0 Å². The molecule has 0 aliphatic carbocycles. The average molecular weight is 510 g/mol. The van der Waals surface area contributed by atoms with Crippen LogP contribution in [-0.2, 0) is 16.0 Å². The first kappa shape index (κ1) is 28.3. The highest BCUT2D eigenvalue weighted by Gasteiger charge is 2.22. The van der Waals surface area contributed by atoms with Gasteiger partial charge in [-0.1, -0.05) is 71.7 Å². The van der Waals surface area contributed by atoms with Gasteiger partial charge in [0.25, 0.3) is 0 Å². The molecular weight excluding hydrogens is 479 g/mol. The van der Waals surface area contributed by atoms with E-state index in [0.29, 0.717) is 38.1 Å². The molecule has 2 amide bonds. The van der Waals surface area contributed by atoms with Crippen LogP contribution in [0.4, 0.5) is 4.79 Å². The Kier molecular flexibility index (Phi) is 12.8. The van der Waals surface area contributed by atoms with Gasteiger partial charge in [-0.3, -0.25) is 4.79 Å². The zero-order valence-corrected chi connectivity index (χ0v) is 20.2. The van der Waals surface area contributed by atoms with Crippen molar-refractivity contribution in [2.24, 2.45) is 5.73 Å². The van der Waals surface area contributed by atoms with Crippen molar-refractivity contribution in [1.82, 2.24) is 16.0 Å². The molecule has 6 N–H and O–H groups in total. The molecule has 0 fully saturated rings. The van der Waals surface area contributed by atoms with E-state index in [9.17, 15) is 9.59 Å². The standard InChI is InChI=1S/C21H31Cl3N4O4/c1-14(27-12-17(28-20(30)31)11-16-7-4-3-5-8-16)19(29)26-10-6-9-18(25)15(2)32-13-21(22,23)24/h3-5,7-8,14,17-18,27-28H,2,6,9-13,25H2,1H3,(H,26,29)(H,30,31). The predicted molar refractivity (Wildman–Crippen MR) is 128 cm³/mol. The third-order valence-corrected chi connectivity index (χ3v) is 4.87. The summed E-state index contributed by atoms with van der Waals surface area (Å²) in [4.78, 5) is 23.4. The summed E-state index contributed by atoms with van der Waals surface area (Å²) in [5, 5.41) is 17.4. The molecule has 0 saturated heterocycles. The molecule has 0 spiro atoms. The summed E-state index contributed by atoms with van der Waals surface area (Å²) < 4.78 is 3.71. The molecule has 0 heterocycles. The molecule has 3 unspecified atom stereocenters. The van der Waals surface area contributed by atoms with Crippen molar-refractivity contribution < 1.29 is 19.4 Å². The van der Waals surface area contributed by atoms with Gasteiger partial charge in [-0.05, 0) is 31.7 Å². The van der Waals surface area contributed by atoms with Crippen LogP contribution in [0, 0.1) is 0 Å². The first-order valence-corrected chi connectivity index (χ1v) is 11.3. The normalized spacial score (nSPS) is 14.2. The molecule has 0 aromatic heterocycles. The van der Waals surface area contributed by atoms with Crippen molar-refractivity contribution in [3.05, 3.63) is 48.2 Å². The van der Waals surface area contributed by atoms with Crippen LogP contribution in [-0.4, -0.2) is 58.7 Å². The monoisotopic (exact) mass is 508 g/mol. The van der Waals surface area contributed by atoms with E-state index in [1.54, 1.807) is 6.92 Å². The Morgan fingerprint density at radius 3 is 2.50 bits per heavy atom. The van der Waals surface area contributed by atoms with E-state index >= 15 is 0 Å². The van der Waals surface area contributed by atoms with E-state index < -0.39 is 22.0 Å². The van der Waals surface area contributed by atoms with E-state index in [0.717, 1.165) is 5.56 Å². The van der Waals surface area contributed by atoms with Crippen molar-refractivity contribution >= 4 is 46.8 Å². The second-order valence-electron chi connectivity index (χ2n) is 7.38. The minimum absolute atomic E-state index is 0.147. The molecule has 0 bridgehead atoms. The SMILES string of the molecule is C=C(OCC(Cl)(Cl)Cl)C(N)CCCNC(=O)C(C)NCC(Cc1ccccc1)NC(=O)O. The lowest BCUT2D eigenvalue weighted by atomic mass is 10.1. The molecule has 180 valence electrons. The van der Waals surface area contributed by atoms with E-state index in [4.69, 9.17) is 50.4 Å². The minimum Gasteiger partial charge on any atom is -0.492 e. The second kappa shape index (κ2) is 14.4. The first-order valence-electron chi connectivity index (χ1n) is 10.2. The molecule has 0 radical (unpaired) electrons. The molecule has 0 saturated carbocycles. The Bertz CT molecular complexity index is 732. The summed E-state index contributed by atoms with van der Waals surface area (Å²) in [6.07, 6.45) is 0.534. The number of rotatable bonds is 14. The van der Waals surface area contributed by atoms with E-state index in [-0.39, 0.29) is 18.6 Å². The summed E-state index contributed by atoms with van der Waals surface area (Å²) >= 11 is 16.9. The topological polar surface area (TPSA) is 126 Å². The number of carboxylic acid groups (broad SMARTS) is 1. The summed E-state index contributed by atoms with van der Waals surface area (Å²) in [6.45, 7) is 6.01. The number of halogens is 3. The van der Waals surface area contributed by atoms with Gasteiger partial charge in [-0.2, -0.15) is 0 Å². The maximum atomic E-state index is 12.3. The van der Waals surface area contributed by atoms with E-state index in [1.165, 1.54) is 0 Å². The van der Waals surface area contributed by atoms with Crippen LogP contribution in [0.1, 0.15) is 25.3 Å². The maximum Gasteiger partial charge on any atom is 0.404 e. The zero-order chi connectivity index (χ0) is 24.1. The van der Waals surface area contributed by atoms with Gasteiger partial charge >= 0.3 is 6.09 Å². The summed E-state index contributed by atoms with van der Waals surface area (Å²) in [5.74, 6) is 0.117. The molecule has 0 aliphatic rings. The van der Waals surface area contributed by atoms with Crippen LogP contribution in [0.25, 0.3) is 0 Å². The van der Waals surface area contributed by atoms with Gasteiger partial charge in [0.15, 0.2) is 0 Å². The molecule has 8 nitrogen and oxygen atoms in total. The van der Waals surface area contributed by atoms with Gasteiger partial charge in [-0.25, -0.2) is 4.79 Å². The predicted octanol–water partition coefficient (Wildman–Crippen LogP) is 2.97. The number of nitrogens with one attached hydrogen (secondary N) is 3. The Morgan fingerprint density at radius 2 is 1.91 bits per heavy atom. The van der Waals surface area contributed by atoms with Crippen molar-refractivity contribution in [2.45, 2.75) is 48.1 Å². The highest BCUT2D eigenvalue weighted by molar-refractivity contribution is 6.67. The van der Waals surface area contributed by atoms with Gasteiger partial charge in [0.05, 0.1) is 12.1 Å². The van der Waals surface area contributed by atoms with E-state index in [1.807, 2.05) is 30.3 Å². The smallest absolute Gasteiger partial charge is 0.404 e. The van der Waals surface area contributed by atoms with Crippen molar-refractivity contribution in [3.8, 4) is 0 Å². The fourth-order valence-corrected chi connectivity index (χ4v) is 2.95. The molecule has 1 aromatic rings. The number of hydrogen-bond acceptors (Lipinski definition) is 5. The van der Waals surface area contributed by atoms with Gasteiger partial charge in [0, 0.05) is 19.1 Å². The van der Waals surface area contributed by atoms with Gasteiger partial charge in [0.2, 0.25) is 9.70 Å².